The summed E-state index contributed by atoms with van der Waals surface area (Å²) in [6, 6.07) is -0.161. The van der Waals surface area contributed by atoms with Crippen molar-refractivity contribution in [2.45, 2.75) is 18.9 Å². The Bertz CT molecular complexity index is 250. The van der Waals surface area contributed by atoms with Gasteiger partial charge in [-0.05, 0) is 12.8 Å². The Hall–Kier alpha value is -1.30. The molecule has 0 aliphatic carbocycles. The molecule has 0 saturated carbocycles. The molecular formula is C10H19N3O3. The molecule has 0 aromatic rings. The molecule has 6 nitrogen and oxygen atoms in total. The van der Waals surface area contributed by atoms with Crippen molar-refractivity contribution in [3.8, 4) is 0 Å². The van der Waals surface area contributed by atoms with Gasteiger partial charge in [-0.3, -0.25) is 4.79 Å². The van der Waals surface area contributed by atoms with Gasteiger partial charge in [0.05, 0.1) is 0 Å². The van der Waals surface area contributed by atoms with Gasteiger partial charge in [0.25, 0.3) is 0 Å². The Morgan fingerprint density at radius 1 is 1.31 bits per heavy atom. The average Bonchev–Trinajstić information content (AvgIpc) is 2.76. The third kappa shape index (κ3) is 4.06. The fraction of sp³-hybridized carbons (Fsp3) is 0.800. The average molecular weight is 229 g/mol. The van der Waals surface area contributed by atoms with E-state index in [4.69, 9.17) is 4.74 Å². The van der Waals surface area contributed by atoms with E-state index < -0.39 is 0 Å². The molecule has 92 valence electrons. The highest BCUT2D eigenvalue weighted by Gasteiger charge is 2.22. The molecule has 1 rings (SSSR count). The third-order valence-corrected chi connectivity index (χ3v) is 2.33. The van der Waals surface area contributed by atoms with Crippen molar-refractivity contribution in [3.05, 3.63) is 0 Å². The molecule has 2 N–H and O–H groups in total. The predicted octanol–water partition coefficient (Wildman–Crippen LogP) is -0.447. The molecule has 3 amide bonds. The molecule has 1 unspecified atom stereocenters. The van der Waals surface area contributed by atoms with Gasteiger partial charge in [-0.25, -0.2) is 4.79 Å². The summed E-state index contributed by atoms with van der Waals surface area (Å²) < 4.78 is 5.22. The van der Waals surface area contributed by atoms with Crippen LogP contribution in [0.15, 0.2) is 0 Å². The minimum Gasteiger partial charge on any atom is -0.368 e. The van der Waals surface area contributed by atoms with Gasteiger partial charge in [0.2, 0.25) is 5.91 Å². The number of carbonyl (C=O) groups excluding carboxylic acids is 2. The predicted molar refractivity (Wildman–Crippen MR) is 59.1 cm³/mol. The Kier molecular flexibility index (Phi) is 5.04. The Morgan fingerprint density at radius 3 is 2.56 bits per heavy atom. The summed E-state index contributed by atoms with van der Waals surface area (Å²) in [5.74, 6) is -0.0865. The summed E-state index contributed by atoms with van der Waals surface area (Å²) in [7, 11) is 3.33. The molecule has 0 aromatic carbocycles. The van der Waals surface area contributed by atoms with Crippen LogP contribution >= 0.6 is 0 Å². The standard InChI is InChI=1S/C10H19N3O3/c1-13(2)10(15)12-6-5-11-9(14)8-4-3-7-16-8/h8H,3-7H2,1-2H3,(H,11,14)(H,12,15). The van der Waals surface area contributed by atoms with E-state index in [-0.39, 0.29) is 18.0 Å². The molecule has 1 fully saturated rings. The molecule has 0 aromatic heterocycles. The van der Waals surface area contributed by atoms with Crippen LogP contribution in [0.3, 0.4) is 0 Å². The number of nitrogens with one attached hydrogen (secondary N) is 2. The smallest absolute Gasteiger partial charge is 0.316 e. The topological polar surface area (TPSA) is 70.7 Å². The minimum absolute atomic E-state index is 0.0865. The molecule has 1 saturated heterocycles. The van der Waals surface area contributed by atoms with Crippen molar-refractivity contribution in [2.24, 2.45) is 0 Å². The van der Waals surface area contributed by atoms with Crippen LogP contribution in [0.5, 0.6) is 0 Å². The van der Waals surface area contributed by atoms with Crippen molar-refractivity contribution in [2.75, 3.05) is 33.8 Å². The number of hydrogen-bond donors (Lipinski definition) is 2. The highest BCUT2D eigenvalue weighted by Crippen LogP contribution is 2.11. The lowest BCUT2D eigenvalue weighted by Gasteiger charge is -2.13. The van der Waals surface area contributed by atoms with E-state index in [0.29, 0.717) is 19.7 Å². The van der Waals surface area contributed by atoms with Crippen molar-refractivity contribution in [1.82, 2.24) is 15.5 Å². The zero-order valence-corrected chi connectivity index (χ0v) is 9.78. The molecule has 1 aliphatic heterocycles. The SMILES string of the molecule is CN(C)C(=O)NCCNC(=O)C1CCCO1. The largest absolute Gasteiger partial charge is 0.368 e. The van der Waals surface area contributed by atoms with Gasteiger partial charge in [-0.15, -0.1) is 0 Å². The molecular weight excluding hydrogens is 210 g/mol. The zero-order chi connectivity index (χ0) is 12.0. The molecule has 1 aliphatic rings. The monoisotopic (exact) mass is 229 g/mol. The van der Waals surface area contributed by atoms with E-state index in [1.54, 1.807) is 14.1 Å². The number of ether oxygens (including phenoxy) is 1. The van der Waals surface area contributed by atoms with Crippen LogP contribution in [0.2, 0.25) is 0 Å². The summed E-state index contributed by atoms with van der Waals surface area (Å²) in [5.41, 5.74) is 0. The van der Waals surface area contributed by atoms with Crippen LogP contribution in [0.1, 0.15) is 12.8 Å². The summed E-state index contributed by atoms with van der Waals surface area (Å²) in [6.07, 6.45) is 1.43. The number of carbonyl (C=O) groups is 2. The van der Waals surface area contributed by atoms with E-state index in [1.807, 2.05) is 0 Å². The maximum absolute atomic E-state index is 11.5. The second-order valence-electron chi connectivity index (χ2n) is 3.92. The highest BCUT2D eigenvalue weighted by atomic mass is 16.5. The van der Waals surface area contributed by atoms with Crippen LogP contribution in [-0.2, 0) is 9.53 Å². The Morgan fingerprint density at radius 2 is 2.00 bits per heavy atom. The first-order valence-electron chi connectivity index (χ1n) is 5.45. The van der Waals surface area contributed by atoms with Crippen LogP contribution < -0.4 is 10.6 Å². The molecule has 6 heteroatoms. The fourth-order valence-electron chi connectivity index (χ4n) is 1.41. The maximum atomic E-state index is 11.5. The number of rotatable bonds is 4. The van der Waals surface area contributed by atoms with Gasteiger partial charge < -0.3 is 20.3 Å². The van der Waals surface area contributed by atoms with Crippen LogP contribution in [0, 0.1) is 0 Å². The fourth-order valence-corrected chi connectivity index (χ4v) is 1.41. The quantitative estimate of drug-likeness (QED) is 0.642. The van der Waals surface area contributed by atoms with Crippen molar-refractivity contribution in [3.63, 3.8) is 0 Å². The van der Waals surface area contributed by atoms with Gasteiger partial charge in [-0.1, -0.05) is 0 Å². The van der Waals surface area contributed by atoms with E-state index in [1.165, 1.54) is 4.90 Å². The lowest BCUT2D eigenvalue weighted by Crippen LogP contribution is -2.42. The summed E-state index contributed by atoms with van der Waals surface area (Å²) in [5, 5.41) is 5.38. The lowest BCUT2D eigenvalue weighted by molar-refractivity contribution is -0.129. The zero-order valence-electron chi connectivity index (χ0n) is 9.78. The van der Waals surface area contributed by atoms with Crippen LogP contribution in [0.4, 0.5) is 4.79 Å². The van der Waals surface area contributed by atoms with Gasteiger partial charge >= 0.3 is 6.03 Å². The molecule has 0 spiro atoms. The van der Waals surface area contributed by atoms with Crippen LogP contribution in [0.25, 0.3) is 0 Å². The van der Waals surface area contributed by atoms with Gasteiger partial charge in [0, 0.05) is 33.8 Å². The molecule has 16 heavy (non-hydrogen) atoms. The van der Waals surface area contributed by atoms with Crippen LogP contribution in [-0.4, -0.2) is 56.7 Å². The summed E-state index contributed by atoms with van der Waals surface area (Å²) in [4.78, 5) is 24.0. The maximum Gasteiger partial charge on any atom is 0.316 e. The van der Waals surface area contributed by atoms with Gasteiger partial charge in [-0.2, -0.15) is 0 Å². The van der Waals surface area contributed by atoms with Gasteiger partial charge in [0.15, 0.2) is 0 Å². The van der Waals surface area contributed by atoms with Crippen molar-refractivity contribution >= 4 is 11.9 Å². The Balaban J connectivity index is 2.06. The molecule has 1 atom stereocenters. The van der Waals surface area contributed by atoms with E-state index in [9.17, 15) is 9.59 Å². The Labute approximate surface area is 95.3 Å². The first-order chi connectivity index (χ1) is 7.61. The summed E-state index contributed by atoms with van der Waals surface area (Å²) >= 11 is 0. The number of urea groups is 1. The van der Waals surface area contributed by atoms with Crippen molar-refractivity contribution < 1.29 is 14.3 Å². The first-order valence-corrected chi connectivity index (χ1v) is 5.45. The highest BCUT2D eigenvalue weighted by molar-refractivity contribution is 5.81. The number of nitrogens with zero attached hydrogens (tertiary/aromatic N) is 1. The van der Waals surface area contributed by atoms with Gasteiger partial charge in [0.1, 0.15) is 6.10 Å². The van der Waals surface area contributed by atoms with E-state index in [0.717, 1.165) is 12.8 Å². The second-order valence-corrected chi connectivity index (χ2v) is 3.92. The molecule has 0 radical (unpaired) electrons. The van der Waals surface area contributed by atoms with E-state index in [2.05, 4.69) is 10.6 Å². The minimum atomic E-state index is -0.301. The van der Waals surface area contributed by atoms with E-state index >= 15 is 0 Å². The number of amides is 3. The normalized spacial score (nSPS) is 19.2. The second kappa shape index (κ2) is 6.32. The van der Waals surface area contributed by atoms with Crippen molar-refractivity contribution in [1.29, 1.82) is 0 Å². The molecule has 1 heterocycles. The molecule has 0 bridgehead atoms. The number of hydrogen-bond acceptors (Lipinski definition) is 3. The lowest BCUT2D eigenvalue weighted by atomic mass is 10.2. The summed E-state index contributed by atoms with van der Waals surface area (Å²) in [6.45, 7) is 1.52. The third-order valence-electron chi connectivity index (χ3n) is 2.33. The first kappa shape index (κ1) is 12.8.